The monoisotopic (exact) mass is 288 g/mol. The van der Waals surface area contributed by atoms with Crippen LogP contribution in [0.1, 0.15) is 52.4 Å². The molecular formula is C15H26F2N2O. The number of carbonyl (C=O) groups excluding carboxylic acids is 1. The highest BCUT2D eigenvalue weighted by molar-refractivity contribution is 5.80. The first-order valence-electron chi connectivity index (χ1n) is 7.97. The summed E-state index contributed by atoms with van der Waals surface area (Å²) in [6, 6.07) is 0.609. The summed E-state index contributed by atoms with van der Waals surface area (Å²) in [6.07, 6.45) is 2.60. The van der Waals surface area contributed by atoms with Crippen molar-refractivity contribution in [2.75, 3.05) is 13.1 Å². The third kappa shape index (κ3) is 3.13. The van der Waals surface area contributed by atoms with Crippen LogP contribution in [-0.4, -0.2) is 41.9 Å². The van der Waals surface area contributed by atoms with E-state index < -0.39 is 5.92 Å². The summed E-state index contributed by atoms with van der Waals surface area (Å²) in [4.78, 5) is 14.5. The minimum absolute atomic E-state index is 0.120. The number of fused-ring (bicyclic) bond motifs is 2. The van der Waals surface area contributed by atoms with Crippen molar-refractivity contribution >= 4 is 5.91 Å². The molecule has 2 heterocycles. The Bertz CT molecular complexity index is 323. The van der Waals surface area contributed by atoms with E-state index in [0.29, 0.717) is 24.9 Å². The lowest BCUT2D eigenvalue weighted by molar-refractivity contribution is -0.143. The second kappa shape index (κ2) is 6.37. The first kappa shape index (κ1) is 15.7. The van der Waals surface area contributed by atoms with Gasteiger partial charge in [0.05, 0.1) is 0 Å². The second-order valence-corrected chi connectivity index (χ2v) is 5.92. The van der Waals surface area contributed by atoms with Gasteiger partial charge in [-0.25, -0.2) is 8.78 Å². The van der Waals surface area contributed by atoms with Crippen LogP contribution < -0.4 is 5.32 Å². The highest BCUT2D eigenvalue weighted by Crippen LogP contribution is 2.38. The Morgan fingerprint density at radius 3 is 2.05 bits per heavy atom. The van der Waals surface area contributed by atoms with Crippen molar-refractivity contribution in [2.45, 2.75) is 70.4 Å². The Kier molecular flexibility index (Phi) is 4.99. The molecule has 20 heavy (non-hydrogen) atoms. The molecule has 3 fully saturated rings. The zero-order valence-electron chi connectivity index (χ0n) is 12.5. The average Bonchev–Trinajstić information content (AvgIpc) is 2.70. The molecule has 1 amide bonds. The molecule has 3 aliphatic rings. The van der Waals surface area contributed by atoms with E-state index in [-0.39, 0.29) is 24.7 Å². The van der Waals surface area contributed by atoms with Crippen molar-refractivity contribution in [2.24, 2.45) is 5.92 Å². The summed E-state index contributed by atoms with van der Waals surface area (Å²) in [5.41, 5.74) is 0. The van der Waals surface area contributed by atoms with Gasteiger partial charge >= 0.3 is 0 Å². The minimum Gasteiger partial charge on any atom is -0.334 e. The molecule has 0 aromatic heterocycles. The van der Waals surface area contributed by atoms with Gasteiger partial charge in [0.1, 0.15) is 0 Å². The fourth-order valence-electron chi connectivity index (χ4n) is 3.64. The number of rotatable bonds is 1. The fourth-order valence-corrected chi connectivity index (χ4v) is 3.64. The lowest BCUT2D eigenvalue weighted by Crippen LogP contribution is -2.56. The topological polar surface area (TPSA) is 32.3 Å². The molecule has 3 nitrogen and oxygen atoms in total. The number of piperazine rings is 1. The molecule has 2 saturated heterocycles. The Hall–Kier alpha value is -0.710. The van der Waals surface area contributed by atoms with Gasteiger partial charge in [-0.3, -0.25) is 4.79 Å². The van der Waals surface area contributed by atoms with Gasteiger partial charge in [0.2, 0.25) is 11.8 Å². The van der Waals surface area contributed by atoms with Crippen LogP contribution in [0.4, 0.5) is 8.78 Å². The maximum absolute atomic E-state index is 13.1. The van der Waals surface area contributed by atoms with Crippen molar-refractivity contribution in [3.05, 3.63) is 0 Å². The quantitative estimate of drug-likeness (QED) is 0.804. The highest BCUT2D eigenvalue weighted by Gasteiger charge is 2.44. The number of nitrogens with zero attached hydrogens (tertiary/aromatic N) is 1. The number of alkyl halides is 2. The number of hydrogen-bond acceptors (Lipinski definition) is 2. The summed E-state index contributed by atoms with van der Waals surface area (Å²) < 4.78 is 26.2. The third-order valence-corrected chi connectivity index (χ3v) is 4.70. The average molecular weight is 288 g/mol. The fraction of sp³-hybridized carbons (Fsp3) is 0.933. The highest BCUT2D eigenvalue weighted by atomic mass is 19.3. The molecule has 116 valence electrons. The molecule has 0 aromatic rings. The Morgan fingerprint density at radius 1 is 1.05 bits per heavy atom. The largest absolute Gasteiger partial charge is 0.334 e. The van der Waals surface area contributed by atoms with Crippen LogP contribution in [0.3, 0.4) is 0 Å². The molecule has 2 bridgehead atoms. The van der Waals surface area contributed by atoms with E-state index in [1.807, 2.05) is 18.7 Å². The van der Waals surface area contributed by atoms with E-state index in [0.717, 1.165) is 25.9 Å². The van der Waals surface area contributed by atoms with Crippen LogP contribution in [0.2, 0.25) is 0 Å². The molecule has 5 heteroatoms. The summed E-state index contributed by atoms with van der Waals surface area (Å²) in [7, 11) is 0. The number of nitrogens with one attached hydrogen (secondary N) is 1. The van der Waals surface area contributed by atoms with E-state index in [1.54, 1.807) is 0 Å². The van der Waals surface area contributed by atoms with E-state index in [4.69, 9.17) is 0 Å². The van der Waals surface area contributed by atoms with Crippen LogP contribution >= 0.6 is 0 Å². The SMILES string of the molecule is CC.O=C(C1CCC(F)(F)CC1)N1C2CCC1CNC2. The summed E-state index contributed by atoms with van der Waals surface area (Å²) >= 11 is 0. The van der Waals surface area contributed by atoms with E-state index in [2.05, 4.69) is 5.32 Å². The van der Waals surface area contributed by atoms with E-state index >= 15 is 0 Å². The van der Waals surface area contributed by atoms with Gasteiger partial charge < -0.3 is 10.2 Å². The first-order valence-corrected chi connectivity index (χ1v) is 7.97. The van der Waals surface area contributed by atoms with E-state index in [1.165, 1.54) is 0 Å². The van der Waals surface area contributed by atoms with Crippen LogP contribution in [0, 0.1) is 5.92 Å². The molecule has 0 aromatic carbocycles. The van der Waals surface area contributed by atoms with Crippen molar-refractivity contribution in [1.29, 1.82) is 0 Å². The van der Waals surface area contributed by atoms with Gasteiger partial charge in [0.25, 0.3) is 0 Å². The van der Waals surface area contributed by atoms with Gasteiger partial charge in [-0.05, 0) is 25.7 Å². The molecule has 2 unspecified atom stereocenters. The molecule has 0 spiro atoms. The molecule has 1 aliphatic carbocycles. The van der Waals surface area contributed by atoms with Crippen molar-refractivity contribution in [3.63, 3.8) is 0 Å². The molecule has 3 rings (SSSR count). The molecular weight excluding hydrogens is 262 g/mol. The third-order valence-electron chi connectivity index (χ3n) is 4.70. The molecule has 1 N–H and O–H groups in total. The lowest BCUT2D eigenvalue weighted by Gasteiger charge is -2.39. The Balaban J connectivity index is 0.000000704. The maximum Gasteiger partial charge on any atom is 0.248 e. The van der Waals surface area contributed by atoms with Crippen LogP contribution in [-0.2, 0) is 4.79 Å². The molecule has 1 saturated carbocycles. The normalized spacial score (nSPS) is 32.5. The lowest BCUT2D eigenvalue weighted by atomic mass is 9.85. The zero-order valence-corrected chi connectivity index (χ0v) is 12.5. The summed E-state index contributed by atoms with van der Waals surface area (Å²) in [6.45, 7) is 5.73. The van der Waals surface area contributed by atoms with Crippen LogP contribution in [0.15, 0.2) is 0 Å². The minimum atomic E-state index is -2.54. The predicted molar refractivity (Wildman–Crippen MR) is 74.8 cm³/mol. The smallest absolute Gasteiger partial charge is 0.248 e. The Labute approximate surface area is 120 Å². The Morgan fingerprint density at radius 2 is 1.55 bits per heavy atom. The van der Waals surface area contributed by atoms with Crippen molar-refractivity contribution in [3.8, 4) is 0 Å². The molecule has 0 radical (unpaired) electrons. The van der Waals surface area contributed by atoms with Crippen LogP contribution in [0.25, 0.3) is 0 Å². The molecule has 2 atom stereocenters. The number of carbonyl (C=O) groups is 1. The van der Waals surface area contributed by atoms with Crippen LogP contribution in [0.5, 0.6) is 0 Å². The number of hydrogen-bond donors (Lipinski definition) is 1. The van der Waals surface area contributed by atoms with Crippen molar-refractivity contribution in [1.82, 2.24) is 10.2 Å². The van der Waals surface area contributed by atoms with Gasteiger partial charge in [-0.2, -0.15) is 0 Å². The predicted octanol–water partition coefficient (Wildman–Crippen LogP) is 2.80. The maximum atomic E-state index is 13.1. The first-order chi connectivity index (χ1) is 9.57. The number of amides is 1. The van der Waals surface area contributed by atoms with Gasteiger partial charge in [-0.15, -0.1) is 0 Å². The second-order valence-electron chi connectivity index (χ2n) is 5.92. The van der Waals surface area contributed by atoms with Gasteiger partial charge in [-0.1, -0.05) is 13.8 Å². The molecule has 2 aliphatic heterocycles. The van der Waals surface area contributed by atoms with Crippen molar-refractivity contribution < 1.29 is 13.6 Å². The zero-order chi connectivity index (χ0) is 14.8. The van der Waals surface area contributed by atoms with Gasteiger partial charge in [0.15, 0.2) is 0 Å². The number of halogens is 2. The van der Waals surface area contributed by atoms with E-state index in [9.17, 15) is 13.6 Å². The summed E-state index contributed by atoms with van der Waals surface area (Å²) in [5.74, 6) is -2.57. The van der Waals surface area contributed by atoms with Gasteiger partial charge in [0, 0.05) is 43.9 Å². The summed E-state index contributed by atoms with van der Waals surface area (Å²) in [5, 5.41) is 3.33. The standard InChI is InChI=1S/C13H20F2N2O.C2H6/c14-13(15)5-3-9(4-6-13)12(18)17-10-1-2-11(17)8-16-7-10;1-2/h9-11,16H,1-8H2;1-2H3.